The molecule has 2 aromatic carbocycles. The van der Waals surface area contributed by atoms with Crippen LogP contribution in [0.5, 0.6) is 5.75 Å². The molecule has 3 rings (SSSR count). The van der Waals surface area contributed by atoms with Gasteiger partial charge in [-0.3, -0.25) is 9.36 Å². The Labute approximate surface area is 123 Å². The van der Waals surface area contributed by atoms with E-state index in [-0.39, 0.29) is 11.8 Å². The first-order valence-electron chi connectivity index (χ1n) is 6.79. The summed E-state index contributed by atoms with van der Waals surface area (Å²) < 4.78 is 6.74. The van der Waals surface area contributed by atoms with Crippen LogP contribution in [0.15, 0.2) is 55.1 Å². The van der Waals surface area contributed by atoms with Gasteiger partial charge in [0.05, 0.1) is 13.0 Å². The van der Waals surface area contributed by atoms with Crippen molar-refractivity contribution in [3.05, 3.63) is 60.7 Å². The third kappa shape index (κ3) is 2.52. The van der Waals surface area contributed by atoms with Gasteiger partial charge in [-0.2, -0.15) is 0 Å². The molecule has 0 unspecified atom stereocenters. The molecule has 0 amide bonds. The number of carbonyl (C=O) groups is 1. The molecule has 4 heteroatoms. The molecular formula is C17H16N2O2. The lowest BCUT2D eigenvalue weighted by Gasteiger charge is -2.12. The van der Waals surface area contributed by atoms with Crippen LogP contribution < -0.4 is 4.74 Å². The highest BCUT2D eigenvalue weighted by Crippen LogP contribution is 2.25. The average molecular weight is 280 g/mol. The largest absolute Gasteiger partial charge is 0.497 e. The number of aromatic nitrogens is 2. The van der Waals surface area contributed by atoms with E-state index in [1.54, 1.807) is 19.5 Å². The van der Waals surface area contributed by atoms with Crippen molar-refractivity contribution in [2.45, 2.75) is 12.8 Å². The van der Waals surface area contributed by atoms with Crippen LogP contribution >= 0.6 is 0 Å². The number of fused-ring (bicyclic) bond motifs is 1. The predicted octanol–water partition coefficient (Wildman–Crippen LogP) is 3.49. The fourth-order valence-electron chi connectivity index (χ4n) is 2.39. The van der Waals surface area contributed by atoms with E-state index in [4.69, 9.17) is 4.74 Å². The molecule has 4 nitrogen and oxygen atoms in total. The molecule has 0 N–H and O–H groups in total. The lowest BCUT2D eigenvalue weighted by Crippen LogP contribution is -2.16. The Morgan fingerprint density at radius 3 is 2.67 bits per heavy atom. The smallest absolute Gasteiger partial charge is 0.239 e. The summed E-state index contributed by atoms with van der Waals surface area (Å²) in [5.74, 6) is 0.629. The highest BCUT2D eigenvalue weighted by molar-refractivity contribution is 5.89. The number of hydrogen-bond donors (Lipinski definition) is 0. The van der Waals surface area contributed by atoms with Crippen LogP contribution in [0.25, 0.3) is 10.8 Å². The highest BCUT2D eigenvalue weighted by atomic mass is 16.5. The molecule has 0 aliphatic heterocycles. The molecule has 1 heterocycles. The van der Waals surface area contributed by atoms with E-state index < -0.39 is 0 Å². The zero-order valence-corrected chi connectivity index (χ0v) is 12.0. The van der Waals surface area contributed by atoms with Gasteiger partial charge in [0.15, 0.2) is 0 Å². The van der Waals surface area contributed by atoms with Gasteiger partial charge in [-0.15, -0.1) is 0 Å². The third-order valence-electron chi connectivity index (χ3n) is 3.70. The van der Waals surface area contributed by atoms with Gasteiger partial charge in [0, 0.05) is 12.4 Å². The van der Waals surface area contributed by atoms with Gasteiger partial charge in [-0.1, -0.05) is 24.3 Å². The Balaban J connectivity index is 1.95. The van der Waals surface area contributed by atoms with Crippen LogP contribution in [0.3, 0.4) is 0 Å². The molecule has 0 fully saturated rings. The van der Waals surface area contributed by atoms with E-state index >= 15 is 0 Å². The summed E-state index contributed by atoms with van der Waals surface area (Å²) in [6, 6.07) is 12.0. The van der Waals surface area contributed by atoms with Crippen molar-refractivity contribution >= 4 is 16.7 Å². The molecule has 0 saturated carbocycles. The normalized spacial score (nSPS) is 12.3. The Hall–Kier alpha value is -2.62. The molecule has 0 aliphatic carbocycles. The van der Waals surface area contributed by atoms with E-state index in [1.807, 2.05) is 43.3 Å². The lowest BCUT2D eigenvalue weighted by atomic mass is 9.97. The van der Waals surface area contributed by atoms with Crippen LogP contribution in [-0.4, -0.2) is 22.6 Å². The van der Waals surface area contributed by atoms with E-state index in [2.05, 4.69) is 4.98 Å². The van der Waals surface area contributed by atoms with Crippen LogP contribution in [0.4, 0.5) is 0 Å². The zero-order valence-electron chi connectivity index (χ0n) is 12.0. The molecule has 21 heavy (non-hydrogen) atoms. The summed E-state index contributed by atoms with van der Waals surface area (Å²) in [7, 11) is 1.65. The molecule has 0 radical (unpaired) electrons. The average Bonchev–Trinajstić information content (AvgIpc) is 3.06. The number of rotatable bonds is 3. The summed E-state index contributed by atoms with van der Waals surface area (Å²) in [5.41, 5.74) is 0.992. The first kappa shape index (κ1) is 13.4. The summed E-state index contributed by atoms with van der Waals surface area (Å²) in [5, 5.41) is 2.19. The number of ether oxygens (including phenoxy) is 1. The van der Waals surface area contributed by atoms with Crippen molar-refractivity contribution in [3.63, 3.8) is 0 Å². The molecule has 0 saturated heterocycles. The van der Waals surface area contributed by atoms with Gasteiger partial charge >= 0.3 is 0 Å². The minimum Gasteiger partial charge on any atom is -0.497 e. The Morgan fingerprint density at radius 1 is 1.19 bits per heavy atom. The second-order valence-electron chi connectivity index (χ2n) is 5.00. The highest BCUT2D eigenvalue weighted by Gasteiger charge is 2.17. The van der Waals surface area contributed by atoms with Gasteiger partial charge in [0.25, 0.3) is 0 Å². The van der Waals surface area contributed by atoms with Crippen molar-refractivity contribution in [1.29, 1.82) is 0 Å². The van der Waals surface area contributed by atoms with E-state index in [9.17, 15) is 4.79 Å². The molecule has 0 bridgehead atoms. The topological polar surface area (TPSA) is 44.1 Å². The predicted molar refractivity (Wildman–Crippen MR) is 81.8 cm³/mol. The Kier molecular flexibility index (Phi) is 3.44. The SMILES string of the molecule is COc1ccc2cc([C@H](C)C(=O)n3ccnc3)ccc2c1. The maximum Gasteiger partial charge on any atom is 0.239 e. The van der Waals surface area contributed by atoms with Crippen molar-refractivity contribution in [3.8, 4) is 5.75 Å². The van der Waals surface area contributed by atoms with E-state index in [0.717, 1.165) is 22.1 Å². The zero-order chi connectivity index (χ0) is 14.8. The standard InChI is InChI=1S/C17H16N2O2/c1-12(17(20)19-8-7-18-11-19)13-3-4-15-10-16(21-2)6-5-14(15)9-13/h3-12H,1-2H3/t12-/m0/s1. The number of carbonyl (C=O) groups excluding carboxylic acids is 1. The molecule has 3 aromatic rings. The second-order valence-corrected chi connectivity index (χ2v) is 5.00. The van der Waals surface area contributed by atoms with Crippen molar-refractivity contribution in [1.82, 2.24) is 9.55 Å². The van der Waals surface area contributed by atoms with Crippen molar-refractivity contribution in [2.75, 3.05) is 7.11 Å². The van der Waals surface area contributed by atoms with Crippen molar-refractivity contribution < 1.29 is 9.53 Å². The fourth-order valence-corrected chi connectivity index (χ4v) is 2.39. The second kappa shape index (κ2) is 5.40. The number of benzene rings is 2. The molecular weight excluding hydrogens is 264 g/mol. The minimum atomic E-state index is -0.217. The van der Waals surface area contributed by atoms with Gasteiger partial charge < -0.3 is 4.74 Å². The molecule has 0 spiro atoms. The van der Waals surface area contributed by atoms with E-state index in [1.165, 1.54) is 10.9 Å². The molecule has 1 atom stereocenters. The summed E-state index contributed by atoms with van der Waals surface area (Å²) >= 11 is 0. The number of methoxy groups -OCH3 is 1. The number of hydrogen-bond acceptors (Lipinski definition) is 3. The quantitative estimate of drug-likeness (QED) is 0.737. The van der Waals surface area contributed by atoms with Gasteiger partial charge in [0.1, 0.15) is 12.1 Å². The Morgan fingerprint density at radius 2 is 1.95 bits per heavy atom. The van der Waals surface area contributed by atoms with E-state index in [0.29, 0.717) is 0 Å². The van der Waals surface area contributed by atoms with Crippen LogP contribution in [0, 0.1) is 0 Å². The van der Waals surface area contributed by atoms with Crippen molar-refractivity contribution in [2.24, 2.45) is 0 Å². The van der Waals surface area contributed by atoms with Crippen LogP contribution in [0.2, 0.25) is 0 Å². The van der Waals surface area contributed by atoms with Gasteiger partial charge in [-0.05, 0) is 35.4 Å². The Bertz CT molecular complexity index is 779. The van der Waals surface area contributed by atoms with Gasteiger partial charge in [0.2, 0.25) is 5.91 Å². The summed E-state index contributed by atoms with van der Waals surface area (Å²) in [6.45, 7) is 1.91. The molecule has 1 aromatic heterocycles. The first-order valence-corrected chi connectivity index (χ1v) is 6.79. The first-order chi connectivity index (χ1) is 10.2. The third-order valence-corrected chi connectivity index (χ3v) is 3.70. The minimum absolute atomic E-state index is 0.0142. The molecule has 0 aliphatic rings. The summed E-state index contributed by atoms with van der Waals surface area (Å²) in [6.07, 6.45) is 4.81. The monoisotopic (exact) mass is 280 g/mol. The van der Waals surface area contributed by atoms with Gasteiger partial charge in [-0.25, -0.2) is 4.98 Å². The van der Waals surface area contributed by atoms with Crippen LogP contribution in [-0.2, 0) is 0 Å². The summed E-state index contributed by atoms with van der Waals surface area (Å²) in [4.78, 5) is 16.3. The lowest BCUT2D eigenvalue weighted by molar-refractivity contribution is 0.0884. The number of imidazole rings is 1. The van der Waals surface area contributed by atoms with Crippen LogP contribution in [0.1, 0.15) is 23.2 Å². The number of nitrogens with zero attached hydrogens (tertiary/aromatic N) is 2. The molecule has 106 valence electrons. The fraction of sp³-hybridized carbons (Fsp3) is 0.176. The maximum atomic E-state index is 12.3. The maximum absolute atomic E-state index is 12.3.